The zero-order chi connectivity index (χ0) is 21.8. The Balaban J connectivity index is 0.00000480. The van der Waals surface area contributed by atoms with E-state index in [0.29, 0.717) is 42.8 Å². The van der Waals surface area contributed by atoms with Crippen LogP contribution in [0.2, 0.25) is 0 Å². The van der Waals surface area contributed by atoms with Crippen LogP contribution in [-0.2, 0) is 4.79 Å². The van der Waals surface area contributed by atoms with Crippen LogP contribution in [0.5, 0.6) is 11.5 Å². The second kappa shape index (κ2) is 14.4. The third-order valence-electron chi connectivity index (χ3n) is 3.82. The summed E-state index contributed by atoms with van der Waals surface area (Å²) in [5.41, 5.74) is 0.693. The summed E-state index contributed by atoms with van der Waals surface area (Å²) in [4.78, 5) is 15.7. The van der Waals surface area contributed by atoms with Crippen LogP contribution in [0.25, 0.3) is 0 Å². The first-order chi connectivity index (χ1) is 14.5. The lowest BCUT2D eigenvalue weighted by Gasteiger charge is -2.15. The SMILES string of the molecule is CCNC(=NCC(C)Oc1ccc(F)cc1)NCCOc1cccc(NC(C)=O)c1.I. The van der Waals surface area contributed by atoms with Crippen molar-refractivity contribution in [1.29, 1.82) is 0 Å². The van der Waals surface area contributed by atoms with Crippen LogP contribution >= 0.6 is 24.0 Å². The molecule has 0 aliphatic heterocycles. The normalized spacial score (nSPS) is 11.7. The number of hydrogen-bond acceptors (Lipinski definition) is 4. The maximum Gasteiger partial charge on any atom is 0.221 e. The van der Waals surface area contributed by atoms with Gasteiger partial charge < -0.3 is 25.4 Å². The summed E-state index contributed by atoms with van der Waals surface area (Å²) in [6.45, 7) is 7.48. The lowest BCUT2D eigenvalue weighted by atomic mass is 10.3. The predicted molar refractivity (Wildman–Crippen MR) is 132 cm³/mol. The average molecular weight is 544 g/mol. The third-order valence-corrected chi connectivity index (χ3v) is 3.82. The van der Waals surface area contributed by atoms with Crippen LogP contribution in [0.4, 0.5) is 10.1 Å². The average Bonchev–Trinajstić information content (AvgIpc) is 2.71. The first kappa shape index (κ1) is 26.5. The zero-order valence-electron chi connectivity index (χ0n) is 18.0. The molecule has 2 rings (SSSR count). The molecule has 31 heavy (non-hydrogen) atoms. The number of aliphatic imine (C=N–C) groups is 1. The molecule has 170 valence electrons. The molecule has 1 atom stereocenters. The number of guanidine groups is 1. The summed E-state index contributed by atoms with van der Waals surface area (Å²) in [5, 5.41) is 9.10. The Hall–Kier alpha value is -2.56. The lowest BCUT2D eigenvalue weighted by molar-refractivity contribution is -0.114. The van der Waals surface area contributed by atoms with Crippen molar-refractivity contribution in [3.63, 3.8) is 0 Å². The van der Waals surface area contributed by atoms with Gasteiger partial charge in [-0.25, -0.2) is 9.38 Å². The van der Waals surface area contributed by atoms with Crippen molar-refractivity contribution in [3.05, 3.63) is 54.3 Å². The second-order valence-corrected chi connectivity index (χ2v) is 6.59. The summed E-state index contributed by atoms with van der Waals surface area (Å²) in [7, 11) is 0. The van der Waals surface area contributed by atoms with Gasteiger partial charge in [0.05, 0.1) is 13.1 Å². The van der Waals surface area contributed by atoms with Gasteiger partial charge in [-0.1, -0.05) is 6.07 Å². The summed E-state index contributed by atoms with van der Waals surface area (Å²) in [6.07, 6.45) is -0.168. The van der Waals surface area contributed by atoms with Crippen molar-refractivity contribution in [2.45, 2.75) is 26.9 Å². The molecule has 0 radical (unpaired) electrons. The van der Waals surface area contributed by atoms with Crippen LogP contribution < -0.4 is 25.4 Å². The molecule has 0 spiro atoms. The van der Waals surface area contributed by atoms with E-state index in [1.54, 1.807) is 24.3 Å². The molecular formula is C22H30FIN4O3. The van der Waals surface area contributed by atoms with E-state index >= 15 is 0 Å². The van der Waals surface area contributed by atoms with Crippen molar-refractivity contribution in [1.82, 2.24) is 10.6 Å². The number of carbonyl (C=O) groups excluding carboxylic acids is 1. The fraction of sp³-hybridized carbons (Fsp3) is 0.364. The molecule has 0 bridgehead atoms. The van der Waals surface area contributed by atoms with Gasteiger partial charge in [0, 0.05) is 25.2 Å². The van der Waals surface area contributed by atoms with Gasteiger partial charge in [-0.3, -0.25) is 4.79 Å². The number of hydrogen-bond donors (Lipinski definition) is 3. The third kappa shape index (κ3) is 10.9. The Morgan fingerprint density at radius 1 is 1.13 bits per heavy atom. The standard InChI is InChI=1S/C22H29FN4O3.HI/c1-4-24-22(26-15-16(2)30-20-10-8-18(23)9-11-20)25-12-13-29-21-7-5-6-19(14-21)27-17(3)28;/h5-11,14,16H,4,12-13,15H2,1-3H3,(H,27,28)(H2,24,25,26);1H. The molecule has 1 amide bonds. The molecule has 0 aliphatic carbocycles. The van der Waals surface area contributed by atoms with E-state index in [1.807, 2.05) is 26.0 Å². The van der Waals surface area contributed by atoms with Crippen molar-refractivity contribution in [3.8, 4) is 11.5 Å². The predicted octanol–water partition coefficient (Wildman–Crippen LogP) is 3.80. The molecule has 9 heteroatoms. The Morgan fingerprint density at radius 3 is 2.55 bits per heavy atom. The van der Waals surface area contributed by atoms with Crippen molar-refractivity contribution in [2.75, 3.05) is 31.6 Å². The molecule has 0 heterocycles. The number of rotatable bonds is 10. The maximum absolute atomic E-state index is 13.0. The minimum absolute atomic E-state index is 0. The van der Waals surface area contributed by atoms with Gasteiger partial charge in [-0.15, -0.1) is 24.0 Å². The van der Waals surface area contributed by atoms with E-state index < -0.39 is 0 Å². The summed E-state index contributed by atoms with van der Waals surface area (Å²) < 4.78 is 24.4. The molecule has 0 aliphatic rings. The molecule has 0 fully saturated rings. The van der Waals surface area contributed by atoms with E-state index in [-0.39, 0.29) is 41.8 Å². The van der Waals surface area contributed by atoms with Gasteiger partial charge in [-0.05, 0) is 50.2 Å². The Bertz CT molecular complexity index is 834. The monoisotopic (exact) mass is 544 g/mol. The van der Waals surface area contributed by atoms with Crippen molar-refractivity contribution < 1.29 is 18.7 Å². The number of halogens is 2. The zero-order valence-corrected chi connectivity index (χ0v) is 20.3. The Labute approximate surface area is 199 Å². The summed E-state index contributed by atoms with van der Waals surface area (Å²) in [5.74, 6) is 1.51. The smallest absolute Gasteiger partial charge is 0.221 e. The molecule has 3 N–H and O–H groups in total. The topological polar surface area (TPSA) is 84.0 Å². The van der Waals surface area contributed by atoms with E-state index in [2.05, 4.69) is 20.9 Å². The molecule has 2 aromatic rings. The first-order valence-electron chi connectivity index (χ1n) is 9.91. The van der Waals surface area contributed by atoms with Crippen LogP contribution in [-0.4, -0.2) is 44.2 Å². The largest absolute Gasteiger partial charge is 0.492 e. The molecule has 1 unspecified atom stereocenters. The quantitative estimate of drug-likeness (QED) is 0.184. The molecule has 7 nitrogen and oxygen atoms in total. The van der Waals surface area contributed by atoms with E-state index in [1.165, 1.54) is 19.1 Å². The van der Waals surface area contributed by atoms with Crippen LogP contribution in [0, 0.1) is 5.82 Å². The fourth-order valence-corrected chi connectivity index (χ4v) is 2.55. The van der Waals surface area contributed by atoms with Crippen molar-refractivity contribution >= 4 is 41.5 Å². The van der Waals surface area contributed by atoms with Gasteiger partial charge in [0.2, 0.25) is 5.91 Å². The number of carbonyl (C=O) groups is 1. The van der Waals surface area contributed by atoms with E-state index in [0.717, 1.165) is 6.54 Å². The second-order valence-electron chi connectivity index (χ2n) is 6.59. The summed E-state index contributed by atoms with van der Waals surface area (Å²) in [6, 6.07) is 13.1. The van der Waals surface area contributed by atoms with Gasteiger partial charge >= 0.3 is 0 Å². The highest BCUT2D eigenvalue weighted by atomic mass is 127. The number of amides is 1. The Kier molecular flexibility index (Phi) is 12.3. The number of benzene rings is 2. The van der Waals surface area contributed by atoms with Gasteiger partial charge in [-0.2, -0.15) is 0 Å². The number of ether oxygens (including phenoxy) is 2. The minimum atomic E-state index is -0.296. The summed E-state index contributed by atoms with van der Waals surface area (Å²) >= 11 is 0. The maximum atomic E-state index is 13.0. The molecular weight excluding hydrogens is 514 g/mol. The molecule has 0 aromatic heterocycles. The van der Waals surface area contributed by atoms with Crippen LogP contribution in [0.3, 0.4) is 0 Å². The van der Waals surface area contributed by atoms with Gasteiger partial charge in [0.15, 0.2) is 5.96 Å². The number of nitrogens with one attached hydrogen (secondary N) is 3. The first-order valence-corrected chi connectivity index (χ1v) is 9.91. The molecule has 0 saturated heterocycles. The molecule has 0 saturated carbocycles. The van der Waals surface area contributed by atoms with Gasteiger partial charge in [0.25, 0.3) is 0 Å². The van der Waals surface area contributed by atoms with Crippen LogP contribution in [0.1, 0.15) is 20.8 Å². The van der Waals surface area contributed by atoms with E-state index in [9.17, 15) is 9.18 Å². The van der Waals surface area contributed by atoms with Gasteiger partial charge in [0.1, 0.15) is 30.0 Å². The highest BCUT2D eigenvalue weighted by Crippen LogP contribution is 2.17. The minimum Gasteiger partial charge on any atom is -0.492 e. The van der Waals surface area contributed by atoms with E-state index in [4.69, 9.17) is 9.47 Å². The highest BCUT2D eigenvalue weighted by Gasteiger charge is 2.05. The fourth-order valence-electron chi connectivity index (χ4n) is 2.55. The van der Waals surface area contributed by atoms with Crippen LogP contribution in [0.15, 0.2) is 53.5 Å². The lowest BCUT2D eigenvalue weighted by Crippen LogP contribution is -2.40. The Morgan fingerprint density at radius 2 is 1.87 bits per heavy atom. The molecule has 2 aromatic carbocycles. The highest BCUT2D eigenvalue weighted by molar-refractivity contribution is 14.0. The van der Waals surface area contributed by atoms with Crippen molar-refractivity contribution in [2.24, 2.45) is 4.99 Å². The number of nitrogens with zero attached hydrogens (tertiary/aromatic N) is 1. The number of anilines is 1.